The zero-order chi connectivity index (χ0) is 13.1. The van der Waals surface area contributed by atoms with Gasteiger partial charge in [-0.1, -0.05) is 33.1 Å². The maximum atomic E-state index is 11.8. The summed E-state index contributed by atoms with van der Waals surface area (Å²) in [5.41, 5.74) is 0. The number of rotatable bonds is 9. The van der Waals surface area contributed by atoms with Crippen molar-refractivity contribution in [1.82, 2.24) is 10.2 Å². The van der Waals surface area contributed by atoms with E-state index in [4.69, 9.17) is 5.11 Å². The summed E-state index contributed by atoms with van der Waals surface area (Å²) in [5, 5.41) is 11.8. The molecule has 0 saturated heterocycles. The molecule has 102 valence electrons. The minimum absolute atomic E-state index is 0.0221. The second kappa shape index (κ2) is 10.4. The van der Waals surface area contributed by atoms with Gasteiger partial charge in [-0.25, -0.2) is 4.79 Å². The van der Waals surface area contributed by atoms with Gasteiger partial charge in [0.1, 0.15) is 0 Å². The van der Waals surface area contributed by atoms with Crippen molar-refractivity contribution in [1.29, 1.82) is 0 Å². The third-order valence-corrected chi connectivity index (χ3v) is 3.12. The molecule has 0 aliphatic rings. The molecular formula is C13H28N2O2. The number of amides is 2. The van der Waals surface area contributed by atoms with Gasteiger partial charge < -0.3 is 15.3 Å². The number of hydrogen-bond acceptors (Lipinski definition) is 2. The molecule has 0 fully saturated rings. The van der Waals surface area contributed by atoms with Crippen LogP contribution < -0.4 is 5.32 Å². The number of aliphatic hydroxyl groups excluding tert-OH is 1. The van der Waals surface area contributed by atoms with Crippen LogP contribution in [0.1, 0.15) is 46.5 Å². The molecule has 1 unspecified atom stereocenters. The van der Waals surface area contributed by atoms with Crippen LogP contribution in [0.4, 0.5) is 4.79 Å². The van der Waals surface area contributed by atoms with Crippen molar-refractivity contribution in [2.45, 2.75) is 46.5 Å². The molecule has 0 aliphatic carbocycles. The predicted molar refractivity (Wildman–Crippen MR) is 71.0 cm³/mol. The highest BCUT2D eigenvalue weighted by molar-refractivity contribution is 5.74. The number of nitrogens with zero attached hydrogens (tertiary/aromatic N) is 1. The van der Waals surface area contributed by atoms with Crippen molar-refractivity contribution < 1.29 is 9.90 Å². The highest BCUT2D eigenvalue weighted by Gasteiger charge is 2.12. The zero-order valence-electron chi connectivity index (χ0n) is 11.5. The van der Waals surface area contributed by atoms with Crippen molar-refractivity contribution >= 4 is 6.03 Å². The average molecular weight is 244 g/mol. The SMILES string of the molecule is CCCCC(CC)CNC(=O)N(CC)CCO. The van der Waals surface area contributed by atoms with Gasteiger partial charge in [0.05, 0.1) is 6.61 Å². The van der Waals surface area contributed by atoms with Crippen LogP contribution in [0.25, 0.3) is 0 Å². The van der Waals surface area contributed by atoms with E-state index in [9.17, 15) is 4.79 Å². The molecule has 0 saturated carbocycles. The summed E-state index contributed by atoms with van der Waals surface area (Å²) in [5.74, 6) is 0.576. The first-order valence-corrected chi connectivity index (χ1v) is 6.83. The van der Waals surface area contributed by atoms with Crippen molar-refractivity contribution in [3.05, 3.63) is 0 Å². The monoisotopic (exact) mass is 244 g/mol. The Morgan fingerprint density at radius 2 is 2.06 bits per heavy atom. The molecule has 0 radical (unpaired) electrons. The first-order chi connectivity index (χ1) is 8.19. The smallest absolute Gasteiger partial charge is 0.317 e. The number of likely N-dealkylation sites (N-methyl/N-ethyl adjacent to an activating group) is 1. The molecule has 1 atom stereocenters. The third kappa shape index (κ3) is 7.21. The van der Waals surface area contributed by atoms with Crippen molar-refractivity contribution in [3.63, 3.8) is 0 Å². The predicted octanol–water partition coefficient (Wildman–Crippen LogP) is 2.23. The van der Waals surface area contributed by atoms with Crippen LogP contribution in [0.15, 0.2) is 0 Å². The average Bonchev–Trinajstić information content (AvgIpc) is 2.35. The summed E-state index contributed by atoms with van der Waals surface area (Å²) in [6.07, 6.45) is 4.71. The lowest BCUT2D eigenvalue weighted by molar-refractivity contribution is 0.178. The van der Waals surface area contributed by atoms with Crippen LogP contribution in [0, 0.1) is 5.92 Å². The van der Waals surface area contributed by atoms with Crippen LogP contribution in [0.5, 0.6) is 0 Å². The van der Waals surface area contributed by atoms with Gasteiger partial charge in [-0.15, -0.1) is 0 Å². The molecule has 0 rings (SSSR count). The second-order valence-electron chi connectivity index (χ2n) is 4.41. The van der Waals surface area contributed by atoms with E-state index in [1.807, 2.05) is 6.92 Å². The van der Waals surface area contributed by atoms with E-state index in [0.29, 0.717) is 19.0 Å². The van der Waals surface area contributed by atoms with Gasteiger partial charge in [-0.3, -0.25) is 0 Å². The van der Waals surface area contributed by atoms with E-state index >= 15 is 0 Å². The van der Waals surface area contributed by atoms with Crippen LogP contribution in [0.2, 0.25) is 0 Å². The first kappa shape index (κ1) is 16.2. The van der Waals surface area contributed by atoms with Crippen molar-refractivity contribution in [3.8, 4) is 0 Å². The van der Waals surface area contributed by atoms with Gasteiger partial charge in [0, 0.05) is 19.6 Å². The Hall–Kier alpha value is -0.770. The molecule has 2 N–H and O–H groups in total. The molecule has 0 bridgehead atoms. The third-order valence-electron chi connectivity index (χ3n) is 3.12. The summed E-state index contributed by atoms with van der Waals surface area (Å²) in [7, 11) is 0. The number of carbonyl (C=O) groups is 1. The highest BCUT2D eigenvalue weighted by Crippen LogP contribution is 2.11. The van der Waals surface area contributed by atoms with E-state index in [1.54, 1.807) is 4.90 Å². The highest BCUT2D eigenvalue weighted by atomic mass is 16.3. The van der Waals surface area contributed by atoms with Gasteiger partial charge in [-0.2, -0.15) is 0 Å². The summed E-state index contributed by atoms with van der Waals surface area (Å²) in [6, 6.07) is -0.0588. The largest absolute Gasteiger partial charge is 0.395 e. The molecule has 0 aromatic rings. The maximum absolute atomic E-state index is 11.8. The zero-order valence-corrected chi connectivity index (χ0v) is 11.5. The van der Waals surface area contributed by atoms with E-state index in [2.05, 4.69) is 19.2 Å². The molecule has 0 heterocycles. The first-order valence-electron chi connectivity index (χ1n) is 6.83. The Morgan fingerprint density at radius 1 is 1.35 bits per heavy atom. The summed E-state index contributed by atoms with van der Waals surface area (Å²) in [6.45, 7) is 8.09. The number of carbonyl (C=O) groups excluding carboxylic acids is 1. The van der Waals surface area contributed by atoms with Gasteiger partial charge in [0.25, 0.3) is 0 Å². The summed E-state index contributed by atoms with van der Waals surface area (Å²) < 4.78 is 0. The lowest BCUT2D eigenvalue weighted by atomic mass is 9.99. The number of nitrogens with one attached hydrogen (secondary N) is 1. The normalized spacial score (nSPS) is 12.2. The van der Waals surface area contributed by atoms with Gasteiger partial charge >= 0.3 is 6.03 Å². The fourth-order valence-corrected chi connectivity index (χ4v) is 1.81. The fraction of sp³-hybridized carbons (Fsp3) is 0.923. The van der Waals surface area contributed by atoms with Crippen molar-refractivity contribution in [2.24, 2.45) is 5.92 Å². The van der Waals surface area contributed by atoms with Crippen LogP contribution in [-0.4, -0.2) is 42.3 Å². The van der Waals surface area contributed by atoms with Crippen LogP contribution in [-0.2, 0) is 0 Å². The standard InChI is InChI=1S/C13H28N2O2/c1-4-7-8-12(5-2)11-14-13(17)15(6-3)9-10-16/h12,16H,4-11H2,1-3H3,(H,14,17). The molecule has 4 heteroatoms. The summed E-state index contributed by atoms with van der Waals surface area (Å²) >= 11 is 0. The van der Waals surface area contributed by atoms with E-state index in [0.717, 1.165) is 13.0 Å². The quantitative estimate of drug-likeness (QED) is 0.653. The van der Waals surface area contributed by atoms with E-state index in [-0.39, 0.29) is 12.6 Å². The van der Waals surface area contributed by atoms with Gasteiger partial charge in [-0.05, 0) is 19.3 Å². The molecule has 17 heavy (non-hydrogen) atoms. The Morgan fingerprint density at radius 3 is 2.53 bits per heavy atom. The molecular weight excluding hydrogens is 216 g/mol. The van der Waals surface area contributed by atoms with Crippen LogP contribution >= 0.6 is 0 Å². The Balaban J connectivity index is 3.93. The van der Waals surface area contributed by atoms with E-state index < -0.39 is 0 Å². The minimum atomic E-state index is -0.0588. The number of aliphatic hydroxyl groups is 1. The fourth-order valence-electron chi connectivity index (χ4n) is 1.81. The number of urea groups is 1. The molecule has 0 aromatic heterocycles. The Kier molecular flexibility index (Phi) is 9.92. The molecule has 0 aromatic carbocycles. The second-order valence-corrected chi connectivity index (χ2v) is 4.41. The molecule has 4 nitrogen and oxygen atoms in total. The molecule has 2 amide bonds. The number of hydrogen-bond donors (Lipinski definition) is 2. The lowest BCUT2D eigenvalue weighted by Crippen LogP contribution is -2.43. The van der Waals surface area contributed by atoms with E-state index in [1.165, 1.54) is 19.3 Å². The summed E-state index contributed by atoms with van der Waals surface area (Å²) in [4.78, 5) is 13.4. The maximum Gasteiger partial charge on any atom is 0.317 e. The minimum Gasteiger partial charge on any atom is -0.395 e. The Labute approximate surface area is 105 Å². The molecule has 0 aliphatic heterocycles. The van der Waals surface area contributed by atoms with Gasteiger partial charge in [0.2, 0.25) is 0 Å². The Bertz CT molecular complexity index is 198. The molecule has 0 spiro atoms. The topological polar surface area (TPSA) is 52.6 Å². The lowest BCUT2D eigenvalue weighted by Gasteiger charge is -2.22. The van der Waals surface area contributed by atoms with Crippen molar-refractivity contribution in [2.75, 3.05) is 26.2 Å². The van der Waals surface area contributed by atoms with Crippen LogP contribution in [0.3, 0.4) is 0 Å². The number of unbranched alkanes of at least 4 members (excludes halogenated alkanes) is 1. The van der Waals surface area contributed by atoms with Gasteiger partial charge in [0.15, 0.2) is 0 Å².